The molecular formula is C17H23NS. The van der Waals surface area contributed by atoms with E-state index in [1.165, 1.54) is 28.8 Å². The first kappa shape index (κ1) is 14.3. The van der Waals surface area contributed by atoms with E-state index in [9.17, 15) is 0 Å². The van der Waals surface area contributed by atoms with E-state index in [4.69, 9.17) is 0 Å². The molecule has 0 aliphatic heterocycles. The van der Waals surface area contributed by atoms with Crippen LogP contribution in [0.3, 0.4) is 0 Å². The molecule has 2 rings (SSSR count). The van der Waals surface area contributed by atoms with E-state index < -0.39 is 0 Å². The first-order valence-corrected chi connectivity index (χ1v) is 8.00. The molecule has 102 valence electrons. The lowest BCUT2D eigenvalue weighted by atomic mass is 10.0. The molecule has 19 heavy (non-hydrogen) atoms. The molecule has 1 aromatic heterocycles. The van der Waals surface area contributed by atoms with Gasteiger partial charge in [-0.2, -0.15) is 0 Å². The average molecular weight is 273 g/mol. The van der Waals surface area contributed by atoms with Crippen LogP contribution in [-0.2, 0) is 6.42 Å². The van der Waals surface area contributed by atoms with Gasteiger partial charge in [0, 0.05) is 10.9 Å². The van der Waals surface area contributed by atoms with Crippen molar-refractivity contribution in [3.63, 3.8) is 0 Å². The van der Waals surface area contributed by atoms with Gasteiger partial charge in [0.05, 0.1) is 0 Å². The van der Waals surface area contributed by atoms with Gasteiger partial charge in [0.25, 0.3) is 0 Å². The van der Waals surface area contributed by atoms with Gasteiger partial charge < -0.3 is 5.32 Å². The second-order valence-electron chi connectivity index (χ2n) is 4.99. The third kappa shape index (κ3) is 4.19. The second kappa shape index (κ2) is 7.46. The fraction of sp³-hybridized carbons (Fsp3) is 0.412. The van der Waals surface area contributed by atoms with Crippen LogP contribution in [0.5, 0.6) is 0 Å². The van der Waals surface area contributed by atoms with Crippen LogP contribution in [-0.4, -0.2) is 6.54 Å². The first-order valence-electron chi connectivity index (χ1n) is 7.12. The van der Waals surface area contributed by atoms with E-state index in [2.05, 4.69) is 60.9 Å². The van der Waals surface area contributed by atoms with Crippen molar-refractivity contribution in [1.82, 2.24) is 5.32 Å². The number of aryl methyl sites for hydroxylation is 2. The maximum absolute atomic E-state index is 3.67. The lowest BCUT2D eigenvalue weighted by Crippen LogP contribution is -2.22. The summed E-state index contributed by atoms with van der Waals surface area (Å²) >= 11 is 1.86. The van der Waals surface area contributed by atoms with Crippen LogP contribution in [0.15, 0.2) is 41.8 Å². The van der Waals surface area contributed by atoms with Gasteiger partial charge in [0.1, 0.15) is 0 Å². The highest BCUT2D eigenvalue weighted by Crippen LogP contribution is 2.24. The van der Waals surface area contributed by atoms with Gasteiger partial charge in [-0.05, 0) is 55.3 Å². The Morgan fingerprint density at radius 1 is 1.16 bits per heavy atom. The van der Waals surface area contributed by atoms with Gasteiger partial charge in [-0.3, -0.25) is 0 Å². The molecule has 1 atom stereocenters. The predicted octanol–water partition coefficient (Wildman–Crippen LogP) is 4.73. The zero-order chi connectivity index (χ0) is 13.5. The summed E-state index contributed by atoms with van der Waals surface area (Å²) in [6.07, 6.45) is 3.50. The Balaban J connectivity index is 1.99. The first-order chi connectivity index (χ1) is 9.31. The minimum absolute atomic E-state index is 0.500. The van der Waals surface area contributed by atoms with E-state index in [1.54, 1.807) is 0 Å². The van der Waals surface area contributed by atoms with Gasteiger partial charge in [-0.1, -0.05) is 37.3 Å². The Labute approximate surface area is 120 Å². The third-order valence-electron chi connectivity index (χ3n) is 3.49. The quantitative estimate of drug-likeness (QED) is 0.769. The number of hydrogen-bond donors (Lipinski definition) is 1. The maximum atomic E-state index is 3.67. The molecule has 0 aliphatic carbocycles. The molecule has 0 aliphatic rings. The number of nitrogens with one attached hydrogen (secondary N) is 1. The molecule has 2 aromatic rings. The van der Waals surface area contributed by atoms with Crippen LogP contribution in [0, 0.1) is 6.92 Å². The molecule has 1 aromatic carbocycles. The minimum Gasteiger partial charge on any atom is -0.309 e. The summed E-state index contributed by atoms with van der Waals surface area (Å²) in [5, 5.41) is 5.84. The highest BCUT2D eigenvalue weighted by Gasteiger charge is 2.12. The third-order valence-corrected chi connectivity index (χ3v) is 4.48. The predicted molar refractivity (Wildman–Crippen MR) is 84.9 cm³/mol. The Morgan fingerprint density at radius 3 is 2.68 bits per heavy atom. The average Bonchev–Trinajstić information content (AvgIpc) is 2.94. The van der Waals surface area contributed by atoms with Gasteiger partial charge in [-0.25, -0.2) is 0 Å². The topological polar surface area (TPSA) is 12.0 Å². The smallest absolute Gasteiger partial charge is 0.0417 e. The van der Waals surface area contributed by atoms with Crippen molar-refractivity contribution in [1.29, 1.82) is 0 Å². The van der Waals surface area contributed by atoms with Crippen molar-refractivity contribution >= 4 is 11.3 Å². The van der Waals surface area contributed by atoms with Crippen molar-refractivity contribution in [3.05, 3.63) is 57.8 Å². The van der Waals surface area contributed by atoms with E-state index in [0.29, 0.717) is 6.04 Å². The van der Waals surface area contributed by atoms with Gasteiger partial charge in [0.15, 0.2) is 0 Å². The molecule has 0 fully saturated rings. The lowest BCUT2D eigenvalue weighted by Gasteiger charge is -2.17. The summed E-state index contributed by atoms with van der Waals surface area (Å²) in [6, 6.07) is 13.6. The standard InChI is InChI=1S/C17H23NS/c1-3-12-18-16(17-9-6-13-19-17)11-10-15-8-5-4-7-14(15)2/h4-9,13,16,18H,3,10-12H2,1-2H3. The molecule has 0 spiro atoms. The highest BCUT2D eigenvalue weighted by atomic mass is 32.1. The van der Waals surface area contributed by atoms with E-state index >= 15 is 0 Å². The van der Waals surface area contributed by atoms with Crippen molar-refractivity contribution in [2.75, 3.05) is 6.54 Å². The lowest BCUT2D eigenvalue weighted by molar-refractivity contribution is 0.506. The number of benzene rings is 1. The number of thiophene rings is 1. The van der Waals surface area contributed by atoms with Crippen molar-refractivity contribution < 1.29 is 0 Å². The van der Waals surface area contributed by atoms with Crippen molar-refractivity contribution in [2.45, 2.75) is 39.2 Å². The molecule has 1 heterocycles. The molecule has 0 amide bonds. The SMILES string of the molecule is CCCNC(CCc1ccccc1C)c1cccs1. The maximum Gasteiger partial charge on any atom is 0.0417 e. The van der Waals surface area contributed by atoms with Crippen LogP contribution < -0.4 is 5.32 Å². The zero-order valence-corrected chi connectivity index (χ0v) is 12.7. The minimum atomic E-state index is 0.500. The molecule has 1 unspecified atom stereocenters. The normalized spacial score (nSPS) is 12.5. The van der Waals surface area contributed by atoms with E-state index in [-0.39, 0.29) is 0 Å². The van der Waals surface area contributed by atoms with E-state index in [1.807, 2.05) is 11.3 Å². The van der Waals surface area contributed by atoms with Crippen LogP contribution in [0.2, 0.25) is 0 Å². The molecule has 1 N–H and O–H groups in total. The van der Waals surface area contributed by atoms with E-state index in [0.717, 1.165) is 13.0 Å². The van der Waals surface area contributed by atoms with Crippen LogP contribution in [0.25, 0.3) is 0 Å². The number of hydrogen-bond acceptors (Lipinski definition) is 2. The summed E-state index contributed by atoms with van der Waals surface area (Å²) in [6.45, 7) is 5.52. The molecule has 0 bridgehead atoms. The zero-order valence-electron chi connectivity index (χ0n) is 11.9. The summed E-state index contributed by atoms with van der Waals surface area (Å²) in [7, 11) is 0. The van der Waals surface area contributed by atoms with Crippen molar-refractivity contribution in [2.24, 2.45) is 0 Å². The van der Waals surface area contributed by atoms with Crippen molar-refractivity contribution in [3.8, 4) is 0 Å². The summed E-state index contributed by atoms with van der Waals surface area (Å²) in [5.41, 5.74) is 2.88. The molecule has 2 heteroatoms. The summed E-state index contributed by atoms with van der Waals surface area (Å²) < 4.78 is 0. The van der Waals surface area contributed by atoms with Crippen LogP contribution in [0.4, 0.5) is 0 Å². The molecular weight excluding hydrogens is 250 g/mol. The Morgan fingerprint density at radius 2 is 2.00 bits per heavy atom. The second-order valence-corrected chi connectivity index (χ2v) is 5.97. The Bertz CT molecular complexity index is 476. The monoisotopic (exact) mass is 273 g/mol. The highest BCUT2D eigenvalue weighted by molar-refractivity contribution is 7.10. The Hall–Kier alpha value is -1.12. The number of rotatable bonds is 7. The molecule has 0 saturated heterocycles. The fourth-order valence-electron chi connectivity index (χ4n) is 2.34. The molecule has 0 saturated carbocycles. The van der Waals surface area contributed by atoms with Gasteiger partial charge >= 0.3 is 0 Å². The summed E-state index contributed by atoms with van der Waals surface area (Å²) in [5.74, 6) is 0. The molecule has 0 radical (unpaired) electrons. The van der Waals surface area contributed by atoms with Crippen LogP contribution >= 0.6 is 11.3 Å². The Kier molecular flexibility index (Phi) is 5.62. The van der Waals surface area contributed by atoms with Crippen LogP contribution in [0.1, 0.15) is 41.8 Å². The summed E-state index contributed by atoms with van der Waals surface area (Å²) in [4.78, 5) is 1.46. The van der Waals surface area contributed by atoms with Gasteiger partial charge in [0.2, 0.25) is 0 Å². The fourth-order valence-corrected chi connectivity index (χ4v) is 3.18. The molecule has 1 nitrogen and oxygen atoms in total. The van der Waals surface area contributed by atoms with Gasteiger partial charge in [-0.15, -0.1) is 11.3 Å². The largest absolute Gasteiger partial charge is 0.309 e.